The van der Waals surface area contributed by atoms with Gasteiger partial charge in [-0.25, -0.2) is 13.6 Å². The molecule has 0 radical (unpaired) electrons. The standard InChI is InChI=1S/C33H33F5N4O4/c1-6-19(7-2)40-20-15-24(34)28(25(35)16-20)30(43)41-26(32(45)46-5)14-18-10-11-22(29-21(18)9-8-12-39-29)27-23(33(36,37)38)13-17(3)42(4)31(27)44/h8-13,15-16,19,26,40H,6-7,14H2,1-5H3,(H,41,43)/t26-/m0/s1. The van der Waals surface area contributed by atoms with Crippen LogP contribution in [0.2, 0.25) is 0 Å². The first-order valence-corrected chi connectivity index (χ1v) is 14.5. The zero-order chi connectivity index (χ0) is 33.9. The van der Waals surface area contributed by atoms with E-state index in [9.17, 15) is 27.6 Å². The van der Waals surface area contributed by atoms with Crippen LogP contribution in [0.25, 0.3) is 22.0 Å². The molecule has 2 N–H and O–H groups in total. The van der Waals surface area contributed by atoms with Crippen molar-refractivity contribution in [3.63, 3.8) is 0 Å². The number of nitrogens with zero attached hydrogens (tertiary/aromatic N) is 2. The molecule has 46 heavy (non-hydrogen) atoms. The van der Waals surface area contributed by atoms with Crippen LogP contribution in [0.5, 0.6) is 0 Å². The number of hydrogen-bond acceptors (Lipinski definition) is 6. The summed E-state index contributed by atoms with van der Waals surface area (Å²) in [5.74, 6) is -4.44. The summed E-state index contributed by atoms with van der Waals surface area (Å²) in [6.07, 6.45) is -2.37. The Morgan fingerprint density at radius 3 is 2.28 bits per heavy atom. The molecular formula is C33H33F5N4O4. The van der Waals surface area contributed by atoms with Crippen LogP contribution in [0.15, 0.2) is 53.5 Å². The maximum absolute atomic E-state index is 15.0. The SMILES string of the molecule is CCC(CC)Nc1cc(F)c(C(=O)N[C@@H](Cc2ccc(-c3c(C(F)(F)F)cc(C)n(C)c3=O)c3ncccc23)C(=O)OC)c(F)c1. The number of aryl methyl sites for hydroxylation is 1. The molecule has 2 heterocycles. The van der Waals surface area contributed by atoms with Crippen LogP contribution in [-0.4, -0.2) is 40.6 Å². The summed E-state index contributed by atoms with van der Waals surface area (Å²) in [5, 5.41) is 5.61. The Hall–Kier alpha value is -4.81. The highest BCUT2D eigenvalue weighted by atomic mass is 19.4. The molecule has 0 aliphatic rings. The second kappa shape index (κ2) is 13.7. The van der Waals surface area contributed by atoms with Gasteiger partial charge >= 0.3 is 12.1 Å². The summed E-state index contributed by atoms with van der Waals surface area (Å²) >= 11 is 0. The van der Waals surface area contributed by atoms with E-state index in [0.29, 0.717) is 18.4 Å². The Morgan fingerprint density at radius 2 is 1.70 bits per heavy atom. The first kappa shape index (κ1) is 34.1. The van der Waals surface area contributed by atoms with Crippen molar-refractivity contribution in [3.05, 3.63) is 93.0 Å². The van der Waals surface area contributed by atoms with Gasteiger partial charge in [0.1, 0.15) is 23.2 Å². The van der Waals surface area contributed by atoms with E-state index in [4.69, 9.17) is 4.74 Å². The third kappa shape index (κ3) is 6.87. The molecule has 2 aromatic carbocycles. The first-order chi connectivity index (χ1) is 21.7. The third-order valence-electron chi connectivity index (χ3n) is 7.95. The molecule has 13 heteroatoms. The normalized spacial score (nSPS) is 12.3. The van der Waals surface area contributed by atoms with E-state index in [-0.39, 0.29) is 40.3 Å². The second-order valence-corrected chi connectivity index (χ2v) is 10.8. The number of aromatic nitrogens is 2. The van der Waals surface area contributed by atoms with Crippen LogP contribution in [0, 0.1) is 18.6 Å². The molecule has 0 aliphatic heterocycles. The van der Waals surface area contributed by atoms with Gasteiger partial charge in [-0.3, -0.25) is 14.6 Å². The first-order valence-electron chi connectivity index (χ1n) is 14.5. The van der Waals surface area contributed by atoms with E-state index < -0.39 is 58.0 Å². The molecule has 0 saturated heterocycles. The lowest BCUT2D eigenvalue weighted by atomic mass is 9.93. The maximum Gasteiger partial charge on any atom is 0.417 e. The van der Waals surface area contributed by atoms with E-state index in [2.05, 4.69) is 15.6 Å². The molecule has 1 atom stereocenters. The Kier molecular flexibility index (Phi) is 10.1. The number of esters is 1. The smallest absolute Gasteiger partial charge is 0.417 e. The van der Waals surface area contributed by atoms with E-state index in [1.54, 1.807) is 0 Å². The van der Waals surface area contributed by atoms with Gasteiger partial charge in [0.15, 0.2) is 0 Å². The number of anilines is 1. The lowest BCUT2D eigenvalue weighted by Gasteiger charge is -2.20. The Labute approximate surface area is 261 Å². The van der Waals surface area contributed by atoms with Crippen molar-refractivity contribution in [1.82, 2.24) is 14.9 Å². The van der Waals surface area contributed by atoms with E-state index >= 15 is 8.78 Å². The highest BCUT2D eigenvalue weighted by molar-refractivity contribution is 5.99. The van der Waals surface area contributed by atoms with Crippen LogP contribution in [0.1, 0.15) is 53.9 Å². The van der Waals surface area contributed by atoms with Crippen molar-refractivity contribution >= 4 is 28.5 Å². The summed E-state index contributed by atoms with van der Waals surface area (Å²) in [7, 11) is 2.42. The van der Waals surface area contributed by atoms with Crippen molar-refractivity contribution in [2.24, 2.45) is 7.05 Å². The molecule has 0 aliphatic carbocycles. The Morgan fingerprint density at radius 1 is 1.04 bits per heavy atom. The zero-order valence-electron chi connectivity index (χ0n) is 25.8. The fourth-order valence-corrected chi connectivity index (χ4v) is 5.30. The number of carbonyl (C=O) groups excluding carboxylic acids is 2. The minimum Gasteiger partial charge on any atom is -0.467 e. The summed E-state index contributed by atoms with van der Waals surface area (Å²) < 4.78 is 78.3. The zero-order valence-corrected chi connectivity index (χ0v) is 25.8. The molecule has 0 bridgehead atoms. The summed E-state index contributed by atoms with van der Waals surface area (Å²) in [4.78, 5) is 43.3. The highest BCUT2D eigenvalue weighted by Gasteiger charge is 2.37. The Bertz CT molecular complexity index is 1830. The predicted octanol–water partition coefficient (Wildman–Crippen LogP) is 6.32. The third-order valence-corrected chi connectivity index (χ3v) is 7.95. The van der Waals surface area contributed by atoms with Crippen molar-refractivity contribution < 1.29 is 36.3 Å². The molecule has 1 amide bonds. The second-order valence-electron chi connectivity index (χ2n) is 10.8. The average Bonchev–Trinajstić information content (AvgIpc) is 3.01. The number of nitrogens with one attached hydrogen (secondary N) is 2. The number of carbonyl (C=O) groups is 2. The number of fused-ring (bicyclic) bond motifs is 1. The van der Waals surface area contributed by atoms with Crippen LogP contribution < -0.4 is 16.2 Å². The fourth-order valence-electron chi connectivity index (χ4n) is 5.30. The van der Waals surface area contributed by atoms with Gasteiger partial charge in [-0.1, -0.05) is 32.0 Å². The van der Waals surface area contributed by atoms with Crippen LogP contribution in [-0.2, 0) is 29.2 Å². The van der Waals surface area contributed by atoms with Crippen LogP contribution >= 0.6 is 0 Å². The number of amides is 1. The van der Waals surface area contributed by atoms with Gasteiger partial charge in [0, 0.05) is 48.0 Å². The minimum absolute atomic E-state index is 0.0352. The summed E-state index contributed by atoms with van der Waals surface area (Å²) in [6.45, 7) is 5.22. The molecule has 2 aromatic heterocycles. The monoisotopic (exact) mass is 644 g/mol. The maximum atomic E-state index is 15.0. The van der Waals surface area contributed by atoms with E-state index in [1.807, 2.05) is 13.8 Å². The lowest BCUT2D eigenvalue weighted by Crippen LogP contribution is -2.43. The van der Waals surface area contributed by atoms with Crippen LogP contribution in [0.4, 0.5) is 27.6 Å². The van der Waals surface area contributed by atoms with Gasteiger partial charge in [0.05, 0.1) is 23.8 Å². The molecule has 8 nitrogen and oxygen atoms in total. The number of methoxy groups -OCH3 is 1. The van der Waals surface area contributed by atoms with E-state index in [1.165, 1.54) is 44.4 Å². The lowest BCUT2D eigenvalue weighted by molar-refractivity contribution is -0.143. The number of halogens is 5. The quantitative estimate of drug-likeness (QED) is 0.155. The molecule has 4 rings (SSSR count). The molecule has 0 saturated carbocycles. The van der Waals surface area contributed by atoms with E-state index in [0.717, 1.165) is 29.9 Å². The van der Waals surface area contributed by atoms with Crippen molar-refractivity contribution in [1.29, 1.82) is 0 Å². The van der Waals surface area contributed by atoms with Crippen LogP contribution in [0.3, 0.4) is 0 Å². The number of alkyl halides is 3. The molecule has 4 aromatic rings. The molecule has 244 valence electrons. The molecule has 0 fully saturated rings. The largest absolute Gasteiger partial charge is 0.467 e. The molecular weight excluding hydrogens is 611 g/mol. The van der Waals surface area contributed by atoms with Gasteiger partial charge in [-0.15, -0.1) is 0 Å². The summed E-state index contributed by atoms with van der Waals surface area (Å²) in [6, 6.07) is 7.12. The van der Waals surface area contributed by atoms with Crippen molar-refractivity contribution in [2.45, 2.75) is 58.3 Å². The molecule has 0 unspecified atom stereocenters. The number of ether oxygens (including phenoxy) is 1. The average molecular weight is 645 g/mol. The fraction of sp³-hybridized carbons (Fsp3) is 0.333. The van der Waals surface area contributed by atoms with Crippen molar-refractivity contribution in [3.8, 4) is 11.1 Å². The summed E-state index contributed by atoms with van der Waals surface area (Å²) in [5.41, 5.74) is -2.95. The minimum atomic E-state index is -4.85. The van der Waals surface area contributed by atoms with Gasteiger partial charge in [-0.05, 0) is 49.6 Å². The van der Waals surface area contributed by atoms with Gasteiger partial charge < -0.3 is 19.9 Å². The topological polar surface area (TPSA) is 102 Å². The van der Waals surface area contributed by atoms with Gasteiger partial charge in [-0.2, -0.15) is 13.2 Å². The number of rotatable bonds is 10. The van der Waals surface area contributed by atoms with Gasteiger partial charge in [0.25, 0.3) is 11.5 Å². The van der Waals surface area contributed by atoms with Crippen molar-refractivity contribution in [2.75, 3.05) is 12.4 Å². The number of benzene rings is 2. The Balaban J connectivity index is 1.74. The molecule has 0 spiro atoms. The highest BCUT2D eigenvalue weighted by Crippen LogP contribution is 2.38. The van der Waals surface area contributed by atoms with Gasteiger partial charge in [0.2, 0.25) is 0 Å². The number of hydrogen-bond donors (Lipinski definition) is 2. The number of pyridine rings is 2. The predicted molar refractivity (Wildman–Crippen MR) is 163 cm³/mol.